The van der Waals surface area contributed by atoms with Crippen molar-refractivity contribution in [2.24, 2.45) is 0 Å². The summed E-state index contributed by atoms with van der Waals surface area (Å²) in [5, 5.41) is 14.4. The molecular weight excluding hydrogens is 356 g/mol. The molecule has 0 aromatic heterocycles. The number of nitrogens with one attached hydrogen (secondary N) is 2. The minimum absolute atomic E-state index is 0.0382. The Morgan fingerprint density at radius 3 is 2.36 bits per heavy atom. The summed E-state index contributed by atoms with van der Waals surface area (Å²) in [5.74, 6) is -0.729. The van der Waals surface area contributed by atoms with Crippen LogP contribution in [0, 0.1) is 0 Å². The van der Waals surface area contributed by atoms with Crippen LogP contribution in [0.2, 0.25) is 0 Å². The Morgan fingerprint density at radius 1 is 0.964 bits per heavy atom. The number of fused-ring (bicyclic) bond motifs is 1. The highest BCUT2D eigenvalue weighted by Gasteiger charge is 2.15. The van der Waals surface area contributed by atoms with Crippen LogP contribution in [0.4, 0.5) is 5.69 Å². The van der Waals surface area contributed by atoms with Crippen LogP contribution in [0.25, 0.3) is 0 Å². The van der Waals surface area contributed by atoms with Gasteiger partial charge in [-0.3, -0.25) is 14.4 Å². The summed E-state index contributed by atoms with van der Waals surface area (Å²) in [4.78, 5) is 34.3. The fourth-order valence-electron chi connectivity index (χ4n) is 3.48. The molecule has 0 fully saturated rings. The quantitative estimate of drug-likeness (QED) is 0.466. The van der Waals surface area contributed by atoms with E-state index in [0.29, 0.717) is 18.5 Å². The lowest BCUT2D eigenvalue weighted by molar-refractivity contribution is -0.137. The molecule has 0 saturated carbocycles. The number of carbonyl (C=O) groups excluding carboxylic acids is 2. The van der Waals surface area contributed by atoms with Crippen LogP contribution in [0.15, 0.2) is 18.2 Å². The Kier molecular flexibility index (Phi) is 9.52. The van der Waals surface area contributed by atoms with E-state index in [-0.39, 0.29) is 18.2 Å². The fraction of sp³-hybridized carbons (Fsp3) is 0.591. The van der Waals surface area contributed by atoms with E-state index < -0.39 is 5.97 Å². The maximum atomic E-state index is 12.3. The second-order valence-electron chi connectivity index (χ2n) is 7.50. The van der Waals surface area contributed by atoms with Gasteiger partial charge in [0.25, 0.3) is 5.91 Å². The van der Waals surface area contributed by atoms with Crippen LogP contribution < -0.4 is 10.6 Å². The Labute approximate surface area is 167 Å². The first kappa shape index (κ1) is 21.9. The van der Waals surface area contributed by atoms with E-state index in [9.17, 15) is 14.4 Å². The number of hydrogen-bond donors (Lipinski definition) is 3. The first-order chi connectivity index (χ1) is 13.6. The molecule has 0 radical (unpaired) electrons. The number of carboxylic acids is 1. The predicted octanol–water partition coefficient (Wildman–Crippen LogP) is 4.29. The number of carboxylic acid groups (broad SMARTS) is 1. The molecule has 1 aliphatic heterocycles. The van der Waals surface area contributed by atoms with Crippen LogP contribution in [0.3, 0.4) is 0 Å². The lowest BCUT2D eigenvalue weighted by Crippen LogP contribution is -2.24. The number of benzene rings is 1. The van der Waals surface area contributed by atoms with Gasteiger partial charge in [0.2, 0.25) is 5.91 Å². The number of aliphatic carboxylic acids is 1. The van der Waals surface area contributed by atoms with Crippen molar-refractivity contribution in [1.82, 2.24) is 5.32 Å². The Bertz CT molecular complexity index is 673. The summed E-state index contributed by atoms with van der Waals surface area (Å²) in [6.07, 6.45) is 10.8. The highest BCUT2D eigenvalue weighted by molar-refractivity contribution is 5.97. The standard InChI is InChI=1S/C22H32N2O4/c25-20-11-9-10-17-16-18(13-14-19(17)24-20)22(28)23-15-8-6-4-2-1-3-5-7-12-21(26)27/h13-14,16H,1-12,15H2,(H,23,28)(H,24,25)(H,26,27). The monoisotopic (exact) mass is 388 g/mol. The average Bonchev–Trinajstić information content (AvgIpc) is 2.85. The van der Waals surface area contributed by atoms with Crippen molar-refractivity contribution in [3.63, 3.8) is 0 Å². The van der Waals surface area contributed by atoms with Gasteiger partial charge in [0.1, 0.15) is 0 Å². The maximum absolute atomic E-state index is 12.3. The lowest BCUT2D eigenvalue weighted by atomic mass is 10.0. The molecule has 1 aliphatic rings. The van der Waals surface area contributed by atoms with Gasteiger partial charge in [0.15, 0.2) is 0 Å². The number of rotatable bonds is 12. The van der Waals surface area contributed by atoms with Crippen molar-refractivity contribution in [1.29, 1.82) is 0 Å². The first-order valence-electron chi connectivity index (χ1n) is 10.5. The molecule has 1 aromatic carbocycles. The van der Waals surface area contributed by atoms with E-state index in [2.05, 4.69) is 10.6 Å². The molecule has 0 saturated heterocycles. The molecule has 3 N–H and O–H groups in total. The van der Waals surface area contributed by atoms with Crippen LogP contribution in [0.1, 0.15) is 86.6 Å². The molecular formula is C22H32N2O4. The number of amides is 2. The van der Waals surface area contributed by atoms with Crippen molar-refractivity contribution < 1.29 is 19.5 Å². The molecule has 0 aliphatic carbocycles. The van der Waals surface area contributed by atoms with Gasteiger partial charge in [-0.05, 0) is 49.4 Å². The predicted molar refractivity (Wildman–Crippen MR) is 110 cm³/mol. The van der Waals surface area contributed by atoms with Gasteiger partial charge >= 0.3 is 5.97 Å². The van der Waals surface area contributed by atoms with E-state index in [1.165, 1.54) is 0 Å². The number of anilines is 1. The summed E-state index contributed by atoms with van der Waals surface area (Å²) >= 11 is 0. The van der Waals surface area contributed by atoms with Gasteiger partial charge in [-0.15, -0.1) is 0 Å². The van der Waals surface area contributed by atoms with E-state index in [1.807, 2.05) is 12.1 Å². The Hall–Kier alpha value is -2.37. The van der Waals surface area contributed by atoms with Gasteiger partial charge < -0.3 is 15.7 Å². The van der Waals surface area contributed by atoms with E-state index in [0.717, 1.165) is 75.5 Å². The molecule has 154 valence electrons. The molecule has 0 atom stereocenters. The summed E-state index contributed by atoms with van der Waals surface area (Å²) in [6, 6.07) is 5.48. The average molecular weight is 389 g/mol. The largest absolute Gasteiger partial charge is 0.481 e. The van der Waals surface area contributed by atoms with Gasteiger partial charge in [-0.2, -0.15) is 0 Å². The van der Waals surface area contributed by atoms with Gasteiger partial charge in [-0.1, -0.05) is 38.5 Å². The van der Waals surface area contributed by atoms with Crippen molar-refractivity contribution in [2.45, 2.75) is 77.0 Å². The van der Waals surface area contributed by atoms with Crippen molar-refractivity contribution in [3.05, 3.63) is 29.3 Å². The molecule has 6 heteroatoms. The van der Waals surface area contributed by atoms with E-state index >= 15 is 0 Å². The van der Waals surface area contributed by atoms with Crippen molar-refractivity contribution in [3.8, 4) is 0 Å². The van der Waals surface area contributed by atoms with Crippen molar-refractivity contribution >= 4 is 23.5 Å². The highest BCUT2D eigenvalue weighted by atomic mass is 16.4. The first-order valence-corrected chi connectivity index (χ1v) is 10.5. The molecule has 6 nitrogen and oxygen atoms in total. The smallest absolute Gasteiger partial charge is 0.303 e. The number of unbranched alkanes of at least 4 members (excludes halogenated alkanes) is 7. The third-order valence-electron chi connectivity index (χ3n) is 5.09. The van der Waals surface area contributed by atoms with E-state index in [4.69, 9.17) is 5.11 Å². The van der Waals surface area contributed by atoms with Gasteiger partial charge in [-0.25, -0.2) is 0 Å². The third-order valence-corrected chi connectivity index (χ3v) is 5.09. The summed E-state index contributed by atoms with van der Waals surface area (Å²) in [6.45, 7) is 0.672. The number of hydrogen-bond acceptors (Lipinski definition) is 3. The fourth-order valence-corrected chi connectivity index (χ4v) is 3.48. The topological polar surface area (TPSA) is 95.5 Å². The zero-order chi connectivity index (χ0) is 20.2. The Balaban J connectivity index is 1.56. The molecule has 0 spiro atoms. The van der Waals surface area contributed by atoms with Crippen LogP contribution in [-0.4, -0.2) is 29.4 Å². The summed E-state index contributed by atoms with van der Waals surface area (Å²) in [7, 11) is 0. The Morgan fingerprint density at radius 2 is 1.64 bits per heavy atom. The lowest BCUT2D eigenvalue weighted by Gasteiger charge is -2.10. The highest BCUT2D eigenvalue weighted by Crippen LogP contribution is 2.23. The second kappa shape index (κ2) is 12.2. The molecule has 1 heterocycles. The minimum atomic E-state index is -0.709. The van der Waals surface area contributed by atoms with Crippen LogP contribution in [0.5, 0.6) is 0 Å². The zero-order valence-corrected chi connectivity index (χ0v) is 16.6. The minimum Gasteiger partial charge on any atom is -0.481 e. The van der Waals surface area contributed by atoms with E-state index in [1.54, 1.807) is 6.07 Å². The molecule has 2 rings (SSSR count). The molecule has 1 aromatic rings. The normalized spacial score (nSPS) is 13.4. The number of aryl methyl sites for hydroxylation is 1. The molecule has 2 amide bonds. The van der Waals surface area contributed by atoms with Gasteiger partial charge in [0, 0.05) is 30.6 Å². The van der Waals surface area contributed by atoms with Gasteiger partial charge in [0.05, 0.1) is 0 Å². The maximum Gasteiger partial charge on any atom is 0.303 e. The molecule has 0 unspecified atom stereocenters. The summed E-state index contributed by atoms with van der Waals surface area (Å²) in [5.41, 5.74) is 2.50. The molecule has 28 heavy (non-hydrogen) atoms. The number of carbonyl (C=O) groups is 3. The van der Waals surface area contributed by atoms with Crippen LogP contribution in [-0.2, 0) is 16.0 Å². The second-order valence-corrected chi connectivity index (χ2v) is 7.50. The van der Waals surface area contributed by atoms with Crippen LogP contribution >= 0.6 is 0 Å². The third kappa shape index (κ3) is 8.11. The SMILES string of the molecule is O=C(O)CCCCCCCCCCNC(=O)c1ccc2c(c1)CCCC(=O)N2. The zero-order valence-electron chi connectivity index (χ0n) is 16.6. The van der Waals surface area contributed by atoms with Crippen molar-refractivity contribution in [2.75, 3.05) is 11.9 Å². The summed E-state index contributed by atoms with van der Waals surface area (Å²) < 4.78 is 0. The molecule has 0 bridgehead atoms.